The van der Waals surface area contributed by atoms with Gasteiger partial charge in [-0.1, -0.05) is 17.7 Å². The van der Waals surface area contributed by atoms with E-state index in [9.17, 15) is 0 Å². The third-order valence-corrected chi connectivity index (χ3v) is 5.67. The van der Waals surface area contributed by atoms with Gasteiger partial charge in [0.25, 0.3) is 0 Å². The Morgan fingerprint density at radius 1 is 1.11 bits per heavy atom. The molecule has 2 unspecified atom stereocenters. The molecular weight excluding hydrogens is 449 g/mol. The lowest BCUT2D eigenvalue weighted by atomic mass is 9.98. The van der Waals surface area contributed by atoms with E-state index >= 15 is 0 Å². The normalized spacial score (nSPS) is 24.3. The fraction of sp³-hybridized carbons (Fsp3) is 0.667. The van der Waals surface area contributed by atoms with Crippen molar-refractivity contribution >= 4 is 35.6 Å². The van der Waals surface area contributed by atoms with E-state index in [0.29, 0.717) is 6.04 Å². The van der Waals surface area contributed by atoms with Crippen LogP contribution in [0.5, 0.6) is 0 Å². The highest BCUT2D eigenvalue weighted by Crippen LogP contribution is 2.20. The molecule has 0 amide bonds. The molecule has 2 aliphatic rings. The second-order valence-electron chi connectivity index (χ2n) is 7.99. The van der Waals surface area contributed by atoms with Crippen LogP contribution < -0.4 is 15.5 Å². The number of rotatable bonds is 4. The predicted molar refractivity (Wildman–Crippen MR) is 127 cm³/mol. The van der Waals surface area contributed by atoms with E-state index in [1.54, 1.807) is 0 Å². The molecule has 27 heavy (non-hydrogen) atoms. The molecule has 1 aromatic carbocycles. The van der Waals surface area contributed by atoms with Crippen molar-refractivity contribution in [1.29, 1.82) is 0 Å². The fourth-order valence-corrected chi connectivity index (χ4v) is 4.15. The van der Waals surface area contributed by atoms with Gasteiger partial charge in [0.05, 0.1) is 0 Å². The van der Waals surface area contributed by atoms with Gasteiger partial charge in [-0.05, 0) is 64.3 Å². The Kier molecular flexibility index (Phi) is 9.15. The maximum Gasteiger partial charge on any atom is 0.191 e. The van der Waals surface area contributed by atoms with Gasteiger partial charge in [-0.3, -0.25) is 4.99 Å². The Morgan fingerprint density at radius 3 is 2.56 bits per heavy atom. The van der Waals surface area contributed by atoms with Crippen LogP contribution in [0.15, 0.2) is 29.3 Å². The van der Waals surface area contributed by atoms with Crippen LogP contribution in [0.1, 0.15) is 31.2 Å². The number of hydrogen-bond donors (Lipinski definition) is 2. The Morgan fingerprint density at radius 2 is 1.85 bits per heavy atom. The Hall–Kier alpha value is -1.02. The number of aryl methyl sites for hydroxylation is 1. The molecule has 0 aliphatic carbocycles. The average molecular weight is 485 g/mol. The first kappa shape index (κ1) is 22.3. The summed E-state index contributed by atoms with van der Waals surface area (Å²) in [5.41, 5.74) is 2.65. The number of anilines is 1. The molecule has 2 fully saturated rings. The Balaban J connectivity index is 0.00000261. The molecule has 0 spiro atoms. The lowest BCUT2D eigenvalue weighted by Gasteiger charge is -2.36. The van der Waals surface area contributed by atoms with Crippen molar-refractivity contribution in [2.24, 2.45) is 10.9 Å². The topological polar surface area (TPSA) is 42.9 Å². The summed E-state index contributed by atoms with van der Waals surface area (Å²) >= 11 is 0. The van der Waals surface area contributed by atoms with Gasteiger partial charge in [-0.15, -0.1) is 24.0 Å². The molecule has 3 rings (SSSR count). The van der Waals surface area contributed by atoms with Crippen LogP contribution in [0.2, 0.25) is 0 Å². The zero-order valence-electron chi connectivity index (χ0n) is 17.1. The lowest BCUT2D eigenvalue weighted by Crippen LogP contribution is -2.52. The minimum atomic E-state index is 0. The maximum atomic E-state index is 4.46. The molecule has 2 heterocycles. The van der Waals surface area contributed by atoms with E-state index in [0.717, 1.165) is 31.5 Å². The molecule has 0 saturated carbocycles. The van der Waals surface area contributed by atoms with Crippen molar-refractivity contribution in [3.05, 3.63) is 29.8 Å². The van der Waals surface area contributed by atoms with Crippen LogP contribution in [0.3, 0.4) is 0 Å². The highest BCUT2D eigenvalue weighted by Gasteiger charge is 2.22. The van der Waals surface area contributed by atoms with E-state index in [2.05, 4.69) is 63.7 Å². The van der Waals surface area contributed by atoms with Crippen LogP contribution in [-0.2, 0) is 0 Å². The monoisotopic (exact) mass is 485 g/mol. The molecule has 2 atom stereocenters. The van der Waals surface area contributed by atoms with Gasteiger partial charge in [0.2, 0.25) is 0 Å². The maximum absolute atomic E-state index is 4.46. The van der Waals surface area contributed by atoms with Crippen molar-refractivity contribution in [3.8, 4) is 0 Å². The SMILES string of the molecule is CN=C(NCC1CCCN(C)C1)NC1CCCN(c2ccc(C)cc2)C1.I. The first-order valence-electron chi connectivity index (χ1n) is 10.1. The number of hydrogen-bond acceptors (Lipinski definition) is 3. The highest BCUT2D eigenvalue weighted by molar-refractivity contribution is 14.0. The molecule has 0 radical (unpaired) electrons. The van der Waals surface area contributed by atoms with E-state index in [4.69, 9.17) is 0 Å². The summed E-state index contributed by atoms with van der Waals surface area (Å²) < 4.78 is 0. The van der Waals surface area contributed by atoms with Gasteiger partial charge in [-0.25, -0.2) is 0 Å². The van der Waals surface area contributed by atoms with Crippen LogP contribution >= 0.6 is 24.0 Å². The van der Waals surface area contributed by atoms with Crippen molar-refractivity contribution < 1.29 is 0 Å². The molecular formula is C21H36IN5. The van der Waals surface area contributed by atoms with Gasteiger partial charge in [0, 0.05) is 45.0 Å². The molecule has 6 heteroatoms. The second-order valence-corrected chi connectivity index (χ2v) is 7.99. The van der Waals surface area contributed by atoms with Gasteiger partial charge in [0.1, 0.15) is 0 Å². The van der Waals surface area contributed by atoms with Crippen molar-refractivity contribution in [3.63, 3.8) is 0 Å². The number of piperidine rings is 2. The Bertz CT molecular complexity index is 589. The van der Waals surface area contributed by atoms with E-state index in [-0.39, 0.29) is 24.0 Å². The van der Waals surface area contributed by atoms with Gasteiger partial charge in [-0.2, -0.15) is 0 Å². The van der Waals surface area contributed by atoms with E-state index in [1.807, 2.05) is 7.05 Å². The largest absolute Gasteiger partial charge is 0.369 e. The minimum Gasteiger partial charge on any atom is -0.369 e. The summed E-state index contributed by atoms with van der Waals surface area (Å²) in [6, 6.07) is 9.34. The average Bonchev–Trinajstić information content (AvgIpc) is 2.66. The number of nitrogens with zero attached hydrogens (tertiary/aromatic N) is 3. The molecule has 152 valence electrons. The first-order chi connectivity index (χ1) is 12.6. The number of likely N-dealkylation sites (tertiary alicyclic amines) is 1. The van der Waals surface area contributed by atoms with Crippen LogP contribution in [-0.4, -0.2) is 63.7 Å². The van der Waals surface area contributed by atoms with Crippen molar-refractivity contribution in [2.45, 2.75) is 38.6 Å². The first-order valence-corrected chi connectivity index (χ1v) is 10.1. The quantitative estimate of drug-likeness (QED) is 0.391. The van der Waals surface area contributed by atoms with Crippen LogP contribution in [0.4, 0.5) is 5.69 Å². The standard InChI is InChI=1S/C21H35N5.HI/c1-17-8-10-20(11-9-17)26-13-5-7-19(16-26)24-21(22-2)23-14-18-6-4-12-25(3)15-18;/h8-11,18-19H,4-7,12-16H2,1-3H3,(H2,22,23,24);1H. The van der Waals surface area contributed by atoms with E-state index in [1.165, 1.54) is 50.0 Å². The van der Waals surface area contributed by atoms with Crippen molar-refractivity contribution in [1.82, 2.24) is 15.5 Å². The molecule has 0 aromatic heterocycles. The molecule has 1 aromatic rings. The summed E-state index contributed by atoms with van der Waals surface area (Å²) in [5, 5.41) is 7.21. The summed E-state index contributed by atoms with van der Waals surface area (Å²) in [6.07, 6.45) is 5.05. The van der Waals surface area contributed by atoms with Crippen LogP contribution in [0.25, 0.3) is 0 Å². The molecule has 0 bridgehead atoms. The van der Waals surface area contributed by atoms with Gasteiger partial charge >= 0.3 is 0 Å². The highest BCUT2D eigenvalue weighted by atomic mass is 127. The van der Waals surface area contributed by atoms with E-state index < -0.39 is 0 Å². The van der Waals surface area contributed by atoms with Gasteiger partial charge in [0.15, 0.2) is 5.96 Å². The summed E-state index contributed by atoms with van der Waals surface area (Å²) in [5.74, 6) is 1.68. The molecule has 5 nitrogen and oxygen atoms in total. The third kappa shape index (κ3) is 6.82. The summed E-state index contributed by atoms with van der Waals surface area (Å²) in [4.78, 5) is 9.38. The molecule has 2 saturated heterocycles. The zero-order chi connectivity index (χ0) is 18.4. The molecule has 2 aliphatic heterocycles. The van der Waals surface area contributed by atoms with Crippen molar-refractivity contribution in [2.75, 3.05) is 51.7 Å². The minimum absolute atomic E-state index is 0. The second kappa shape index (κ2) is 11.1. The zero-order valence-corrected chi connectivity index (χ0v) is 19.4. The van der Waals surface area contributed by atoms with Crippen LogP contribution in [0, 0.1) is 12.8 Å². The number of nitrogens with one attached hydrogen (secondary N) is 2. The number of aliphatic imine (C=N–C) groups is 1. The van der Waals surface area contributed by atoms with Gasteiger partial charge < -0.3 is 20.4 Å². The number of halogens is 1. The number of benzene rings is 1. The number of guanidine groups is 1. The predicted octanol–water partition coefficient (Wildman–Crippen LogP) is 3.09. The fourth-order valence-electron chi connectivity index (χ4n) is 4.15. The Labute approximate surface area is 182 Å². The third-order valence-electron chi connectivity index (χ3n) is 5.67. The smallest absolute Gasteiger partial charge is 0.191 e. The lowest BCUT2D eigenvalue weighted by molar-refractivity contribution is 0.210. The summed E-state index contributed by atoms with van der Waals surface area (Å²) in [7, 11) is 4.10. The molecule has 2 N–H and O–H groups in total. The summed E-state index contributed by atoms with van der Waals surface area (Å²) in [6.45, 7) is 7.76.